The second-order valence-electron chi connectivity index (χ2n) is 7.80. The van der Waals surface area contributed by atoms with E-state index >= 15 is 0 Å². The molecule has 0 unspecified atom stereocenters. The van der Waals surface area contributed by atoms with Crippen LogP contribution in [0.4, 0.5) is 11.4 Å². The van der Waals surface area contributed by atoms with Gasteiger partial charge in [0.1, 0.15) is 5.75 Å². The molecular weight excluding hydrogens is 380 g/mol. The number of hydrogen-bond acceptors (Lipinski definition) is 5. The first-order chi connectivity index (χ1) is 14.3. The van der Waals surface area contributed by atoms with E-state index < -0.39 is 0 Å². The number of benzene rings is 2. The van der Waals surface area contributed by atoms with Gasteiger partial charge in [0.25, 0.3) is 0 Å². The summed E-state index contributed by atoms with van der Waals surface area (Å²) >= 11 is 0. The molecule has 7 heteroatoms. The second-order valence-corrected chi connectivity index (χ2v) is 7.80. The van der Waals surface area contributed by atoms with Gasteiger partial charge < -0.3 is 20.2 Å². The minimum atomic E-state index is -0.311. The van der Waals surface area contributed by atoms with Crippen molar-refractivity contribution in [1.29, 1.82) is 0 Å². The number of hydrogen-bond donors (Lipinski definition) is 2. The van der Waals surface area contributed by atoms with Crippen molar-refractivity contribution in [2.24, 2.45) is 0 Å². The van der Waals surface area contributed by atoms with E-state index in [2.05, 4.69) is 15.1 Å². The Morgan fingerprint density at radius 3 is 2.33 bits per heavy atom. The highest BCUT2D eigenvalue weighted by Gasteiger charge is 2.28. The zero-order valence-corrected chi connectivity index (χ0v) is 17.8. The number of aromatic hydroxyl groups is 1. The first kappa shape index (κ1) is 21.6. The number of nitrogens with zero attached hydrogens (tertiary/aromatic N) is 3. The average molecular weight is 411 g/mol. The van der Waals surface area contributed by atoms with Crippen molar-refractivity contribution in [2.45, 2.75) is 19.9 Å². The van der Waals surface area contributed by atoms with Crippen LogP contribution < -0.4 is 10.2 Å². The van der Waals surface area contributed by atoms with E-state index in [9.17, 15) is 14.7 Å². The van der Waals surface area contributed by atoms with Crippen molar-refractivity contribution in [1.82, 2.24) is 9.80 Å². The molecule has 2 N–H and O–H groups in total. The molecule has 1 atom stereocenters. The lowest BCUT2D eigenvalue weighted by Crippen LogP contribution is -2.54. The molecule has 0 bridgehead atoms. The quantitative estimate of drug-likeness (QED) is 0.764. The minimum Gasteiger partial charge on any atom is -0.506 e. The van der Waals surface area contributed by atoms with Crippen LogP contribution in [0.1, 0.15) is 12.5 Å². The van der Waals surface area contributed by atoms with Gasteiger partial charge >= 0.3 is 0 Å². The van der Waals surface area contributed by atoms with Crippen molar-refractivity contribution in [3.63, 3.8) is 0 Å². The molecule has 3 rings (SSSR count). The van der Waals surface area contributed by atoms with Crippen molar-refractivity contribution in [3.05, 3.63) is 54.1 Å². The normalized spacial score (nSPS) is 15.5. The van der Waals surface area contributed by atoms with Gasteiger partial charge in [-0.05, 0) is 38.1 Å². The van der Waals surface area contributed by atoms with E-state index in [-0.39, 0.29) is 30.2 Å². The number of anilines is 2. The molecule has 0 spiro atoms. The van der Waals surface area contributed by atoms with Crippen LogP contribution in [0.3, 0.4) is 0 Å². The molecule has 2 amide bonds. The van der Waals surface area contributed by atoms with Crippen molar-refractivity contribution >= 4 is 23.2 Å². The van der Waals surface area contributed by atoms with Crippen LogP contribution in [0.2, 0.25) is 0 Å². The molecule has 2 aromatic carbocycles. The number of phenolic OH excluding ortho intramolecular Hbond substituents is 1. The predicted molar refractivity (Wildman–Crippen MR) is 119 cm³/mol. The fourth-order valence-electron chi connectivity index (χ4n) is 3.69. The van der Waals surface area contributed by atoms with Crippen LogP contribution in [-0.4, -0.2) is 72.5 Å². The Labute approximate surface area is 177 Å². The first-order valence-corrected chi connectivity index (χ1v) is 10.2. The summed E-state index contributed by atoms with van der Waals surface area (Å²) in [6.07, 6.45) is 0. The molecule has 0 radical (unpaired) electrons. The van der Waals surface area contributed by atoms with E-state index in [1.807, 2.05) is 50.2 Å². The highest BCUT2D eigenvalue weighted by atomic mass is 16.3. The molecule has 7 nitrogen and oxygen atoms in total. The monoisotopic (exact) mass is 410 g/mol. The minimum absolute atomic E-state index is 0.00883. The Hall–Kier alpha value is -3.06. The molecule has 160 valence electrons. The van der Waals surface area contributed by atoms with Crippen LogP contribution in [-0.2, 0) is 9.59 Å². The standard InChI is InChI=1S/C23H30N4O3/c1-17-8-10-19(11-9-17)24-22(29)16-25(3)23(30)18(2)26-12-14-27(15-13-26)20-6-4-5-7-21(20)28/h4-11,18,28H,12-16H2,1-3H3,(H,24,29)/t18-/m0/s1. The molecule has 2 aromatic rings. The number of likely N-dealkylation sites (N-methyl/N-ethyl adjacent to an activating group) is 1. The number of amides is 2. The third-order valence-corrected chi connectivity index (χ3v) is 5.53. The molecule has 0 aromatic heterocycles. The van der Waals surface area contributed by atoms with E-state index in [1.165, 1.54) is 4.90 Å². The predicted octanol–water partition coefficient (Wildman–Crippen LogP) is 2.31. The largest absolute Gasteiger partial charge is 0.506 e. The molecule has 0 saturated carbocycles. The maximum atomic E-state index is 12.8. The lowest BCUT2D eigenvalue weighted by molar-refractivity contribution is -0.137. The molecule has 30 heavy (non-hydrogen) atoms. The molecule has 0 aliphatic carbocycles. The summed E-state index contributed by atoms with van der Waals surface area (Å²) in [6.45, 7) is 6.76. The molecule has 1 saturated heterocycles. The van der Waals surface area contributed by atoms with E-state index in [0.29, 0.717) is 13.1 Å². The summed E-state index contributed by atoms with van der Waals surface area (Å²) in [7, 11) is 1.66. The Kier molecular flexibility index (Phi) is 6.95. The summed E-state index contributed by atoms with van der Waals surface area (Å²) < 4.78 is 0. The zero-order valence-electron chi connectivity index (χ0n) is 17.8. The van der Waals surface area contributed by atoms with E-state index in [1.54, 1.807) is 19.2 Å². The highest BCUT2D eigenvalue weighted by Crippen LogP contribution is 2.27. The summed E-state index contributed by atoms with van der Waals surface area (Å²) in [5.41, 5.74) is 2.66. The van der Waals surface area contributed by atoms with Gasteiger partial charge in [0.15, 0.2) is 0 Å². The van der Waals surface area contributed by atoms with Gasteiger partial charge in [-0.3, -0.25) is 14.5 Å². The lowest BCUT2D eigenvalue weighted by Gasteiger charge is -2.39. The summed E-state index contributed by atoms with van der Waals surface area (Å²) in [5.74, 6) is -0.0225. The van der Waals surface area contributed by atoms with Crippen molar-refractivity contribution in [2.75, 3.05) is 50.0 Å². The van der Waals surface area contributed by atoms with Crippen LogP contribution in [0, 0.1) is 6.92 Å². The Bertz CT molecular complexity index is 876. The number of nitrogens with one attached hydrogen (secondary N) is 1. The summed E-state index contributed by atoms with van der Waals surface area (Å²) in [6, 6.07) is 14.6. The number of piperazine rings is 1. The lowest BCUT2D eigenvalue weighted by atomic mass is 10.2. The SMILES string of the molecule is Cc1ccc(NC(=O)CN(C)C(=O)[C@H](C)N2CCN(c3ccccc3O)CC2)cc1. The van der Waals surface area contributed by atoms with E-state index in [4.69, 9.17) is 0 Å². The molecule has 1 fully saturated rings. The van der Waals surface area contributed by atoms with Crippen molar-refractivity contribution in [3.8, 4) is 5.75 Å². The number of carbonyl (C=O) groups is 2. The van der Waals surface area contributed by atoms with Gasteiger partial charge in [0, 0.05) is 38.9 Å². The summed E-state index contributed by atoms with van der Waals surface area (Å²) in [5, 5.41) is 12.9. The molecule has 1 aliphatic heterocycles. The van der Waals surface area contributed by atoms with Gasteiger partial charge in [-0.25, -0.2) is 0 Å². The number of rotatable bonds is 6. The zero-order chi connectivity index (χ0) is 21.7. The topological polar surface area (TPSA) is 76.1 Å². The third kappa shape index (κ3) is 5.30. The maximum absolute atomic E-state index is 12.8. The van der Waals surface area contributed by atoms with Crippen molar-refractivity contribution < 1.29 is 14.7 Å². The average Bonchev–Trinajstić information content (AvgIpc) is 2.74. The van der Waals surface area contributed by atoms with Crippen LogP contribution in [0.5, 0.6) is 5.75 Å². The van der Waals surface area contributed by atoms with Crippen LogP contribution in [0.15, 0.2) is 48.5 Å². The van der Waals surface area contributed by atoms with Gasteiger partial charge in [0.2, 0.25) is 11.8 Å². The number of carbonyl (C=O) groups excluding carboxylic acids is 2. The Morgan fingerprint density at radius 1 is 1.07 bits per heavy atom. The van der Waals surface area contributed by atoms with Gasteiger partial charge in [-0.1, -0.05) is 29.8 Å². The second kappa shape index (κ2) is 9.63. The van der Waals surface area contributed by atoms with Gasteiger partial charge in [0.05, 0.1) is 18.3 Å². The Balaban J connectivity index is 1.49. The van der Waals surface area contributed by atoms with Crippen LogP contribution in [0.25, 0.3) is 0 Å². The van der Waals surface area contributed by atoms with E-state index in [0.717, 1.165) is 30.0 Å². The fourth-order valence-corrected chi connectivity index (χ4v) is 3.69. The molecule has 1 heterocycles. The highest BCUT2D eigenvalue weighted by molar-refractivity contribution is 5.95. The van der Waals surface area contributed by atoms with Gasteiger partial charge in [-0.15, -0.1) is 0 Å². The molecule has 1 aliphatic rings. The number of phenols is 1. The Morgan fingerprint density at radius 2 is 1.70 bits per heavy atom. The summed E-state index contributed by atoms with van der Waals surface area (Å²) in [4.78, 5) is 30.8. The van der Waals surface area contributed by atoms with Crippen LogP contribution >= 0.6 is 0 Å². The number of para-hydroxylation sites is 2. The third-order valence-electron chi connectivity index (χ3n) is 5.53. The fraction of sp³-hybridized carbons (Fsp3) is 0.391. The molecular formula is C23H30N4O3. The van der Waals surface area contributed by atoms with Gasteiger partial charge in [-0.2, -0.15) is 0 Å². The first-order valence-electron chi connectivity index (χ1n) is 10.2. The maximum Gasteiger partial charge on any atom is 0.243 e. The number of aryl methyl sites for hydroxylation is 1. The smallest absolute Gasteiger partial charge is 0.243 e.